The molecule has 1 aromatic heterocycles. The maximum atomic E-state index is 10.1. The molecule has 0 amide bonds. The summed E-state index contributed by atoms with van der Waals surface area (Å²) < 4.78 is 0.748. The van der Waals surface area contributed by atoms with Crippen LogP contribution in [-0.4, -0.2) is 11.0 Å². The first-order valence-corrected chi connectivity index (χ1v) is 3.32. The molecule has 0 bridgehead atoms. The number of aromatic nitrogens is 1. The Morgan fingerprint density at radius 1 is 1.55 bits per heavy atom. The molecule has 52 valence electrons. The number of aromatic carboxylic acids is 1. The summed E-state index contributed by atoms with van der Waals surface area (Å²) >= 11 is 3.12. The van der Waals surface area contributed by atoms with Crippen molar-refractivity contribution in [2.75, 3.05) is 0 Å². The quantitative estimate of drug-likeness (QED) is 0.499. The van der Waals surface area contributed by atoms with Gasteiger partial charge in [0.15, 0.2) is 0 Å². The summed E-state index contributed by atoms with van der Waals surface area (Å²) in [5.41, 5.74) is -0.0526. The third kappa shape index (κ3) is 3.77. The molecular formula is C6H3BrKNO2. The predicted molar refractivity (Wildman–Crippen MR) is 36.3 cm³/mol. The number of rotatable bonds is 1. The van der Waals surface area contributed by atoms with Crippen molar-refractivity contribution in [3.63, 3.8) is 0 Å². The summed E-state index contributed by atoms with van der Waals surface area (Å²) in [7, 11) is 0. The molecule has 0 aromatic carbocycles. The van der Waals surface area contributed by atoms with E-state index in [1.54, 1.807) is 6.07 Å². The molecule has 0 spiro atoms. The average molecular weight is 240 g/mol. The van der Waals surface area contributed by atoms with Crippen LogP contribution in [0.2, 0.25) is 0 Å². The zero-order valence-electron chi connectivity index (χ0n) is 5.87. The molecule has 11 heavy (non-hydrogen) atoms. The molecule has 1 rings (SSSR count). The van der Waals surface area contributed by atoms with Crippen LogP contribution in [0.5, 0.6) is 0 Å². The second-order valence-corrected chi connectivity index (χ2v) is 2.56. The van der Waals surface area contributed by atoms with Gasteiger partial charge in [-0.1, -0.05) is 0 Å². The molecule has 0 atom stereocenters. The molecule has 0 fully saturated rings. The standard InChI is InChI=1S/C6H4BrNO2.K/c7-4-1-2-5(6(9)10)8-3-4;/h1-3H,(H,9,10);/q;+1/p-1. The van der Waals surface area contributed by atoms with Crippen molar-refractivity contribution in [1.82, 2.24) is 4.98 Å². The number of carbonyl (C=O) groups is 1. The van der Waals surface area contributed by atoms with Crippen LogP contribution in [0.1, 0.15) is 10.5 Å². The van der Waals surface area contributed by atoms with Gasteiger partial charge in [-0.3, -0.25) is 4.98 Å². The molecule has 0 unspecified atom stereocenters. The Hall–Kier alpha value is 0.736. The molecule has 0 radical (unpaired) electrons. The van der Waals surface area contributed by atoms with Crippen molar-refractivity contribution in [2.24, 2.45) is 0 Å². The van der Waals surface area contributed by atoms with Gasteiger partial charge in [-0.25, -0.2) is 0 Å². The van der Waals surface area contributed by atoms with Crippen LogP contribution < -0.4 is 56.5 Å². The molecule has 0 saturated carbocycles. The fraction of sp³-hybridized carbons (Fsp3) is 0. The minimum atomic E-state index is -1.26. The Morgan fingerprint density at radius 2 is 2.18 bits per heavy atom. The summed E-state index contributed by atoms with van der Waals surface area (Å²) in [4.78, 5) is 13.7. The Balaban J connectivity index is 0.000001000. The molecule has 0 aliphatic carbocycles. The average Bonchev–Trinajstić information content (AvgIpc) is 1.88. The fourth-order valence-corrected chi connectivity index (χ4v) is 0.731. The van der Waals surface area contributed by atoms with Crippen molar-refractivity contribution < 1.29 is 61.3 Å². The minimum Gasteiger partial charge on any atom is -0.543 e. The monoisotopic (exact) mass is 239 g/mol. The molecule has 1 aromatic rings. The third-order valence-electron chi connectivity index (χ3n) is 0.937. The van der Waals surface area contributed by atoms with Crippen molar-refractivity contribution in [2.45, 2.75) is 0 Å². The predicted octanol–water partition coefficient (Wildman–Crippen LogP) is -2.79. The van der Waals surface area contributed by atoms with Crippen LogP contribution in [0.3, 0.4) is 0 Å². The second-order valence-electron chi connectivity index (χ2n) is 1.65. The molecule has 0 saturated heterocycles. The van der Waals surface area contributed by atoms with Gasteiger partial charge in [0.25, 0.3) is 0 Å². The van der Waals surface area contributed by atoms with Crippen LogP contribution >= 0.6 is 15.9 Å². The molecule has 0 aliphatic rings. The zero-order valence-corrected chi connectivity index (χ0v) is 10.6. The third-order valence-corrected chi connectivity index (χ3v) is 1.41. The summed E-state index contributed by atoms with van der Waals surface area (Å²) in [6.07, 6.45) is 1.41. The van der Waals surface area contributed by atoms with Gasteiger partial charge in [0.05, 0.1) is 11.7 Å². The number of carboxylic acids is 1. The molecule has 0 N–H and O–H groups in total. The molecule has 1 heterocycles. The van der Waals surface area contributed by atoms with Crippen LogP contribution in [-0.2, 0) is 0 Å². The van der Waals surface area contributed by atoms with Crippen LogP contribution in [0, 0.1) is 0 Å². The first kappa shape index (κ1) is 11.7. The first-order valence-electron chi connectivity index (χ1n) is 2.53. The Morgan fingerprint density at radius 3 is 2.55 bits per heavy atom. The van der Waals surface area contributed by atoms with Gasteiger partial charge < -0.3 is 9.90 Å². The fourth-order valence-electron chi connectivity index (χ4n) is 0.497. The van der Waals surface area contributed by atoms with E-state index in [0.29, 0.717) is 0 Å². The number of hydrogen-bond donors (Lipinski definition) is 0. The van der Waals surface area contributed by atoms with E-state index in [4.69, 9.17) is 0 Å². The van der Waals surface area contributed by atoms with Crippen LogP contribution in [0.25, 0.3) is 0 Å². The summed E-state index contributed by atoms with van der Waals surface area (Å²) in [5.74, 6) is -1.26. The van der Waals surface area contributed by atoms with E-state index < -0.39 is 5.97 Å². The van der Waals surface area contributed by atoms with Crippen molar-refractivity contribution in [1.29, 1.82) is 0 Å². The first-order chi connectivity index (χ1) is 4.70. The normalized spacial score (nSPS) is 8.45. The van der Waals surface area contributed by atoms with Gasteiger partial charge in [0.1, 0.15) is 0 Å². The van der Waals surface area contributed by atoms with E-state index in [0.717, 1.165) is 4.47 Å². The van der Waals surface area contributed by atoms with E-state index >= 15 is 0 Å². The van der Waals surface area contributed by atoms with E-state index in [-0.39, 0.29) is 57.1 Å². The van der Waals surface area contributed by atoms with Crippen molar-refractivity contribution >= 4 is 21.9 Å². The van der Waals surface area contributed by atoms with E-state index in [9.17, 15) is 9.90 Å². The number of nitrogens with zero attached hydrogens (tertiary/aromatic N) is 1. The summed E-state index contributed by atoms with van der Waals surface area (Å²) in [6, 6.07) is 2.97. The van der Waals surface area contributed by atoms with Gasteiger partial charge in [-0.05, 0) is 28.1 Å². The number of carboxylic acid groups (broad SMARTS) is 1. The van der Waals surface area contributed by atoms with E-state index in [2.05, 4.69) is 20.9 Å². The maximum Gasteiger partial charge on any atom is 1.00 e. The van der Waals surface area contributed by atoms with E-state index in [1.165, 1.54) is 12.3 Å². The Kier molecular flexibility index (Phi) is 5.76. The van der Waals surface area contributed by atoms with Gasteiger partial charge in [-0.15, -0.1) is 0 Å². The van der Waals surface area contributed by atoms with Gasteiger partial charge in [0.2, 0.25) is 0 Å². The molecule has 3 nitrogen and oxygen atoms in total. The number of halogens is 1. The number of pyridine rings is 1. The van der Waals surface area contributed by atoms with Gasteiger partial charge in [-0.2, -0.15) is 0 Å². The number of carbonyl (C=O) groups excluding carboxylic acids is 1. The largest absolute Gasteiger partial charge is 1.00 e. The van der Waals surface area contributed by atoms with Crippen LogP contribution in [0.4, 0.5) is 0 Å². The zero-order chi connectivity index (χ0) is 7.56. The molecule has 0 aliphatic heterocycles. The summed E-state index contributed by atoms with van der Waals surface area (Å²) in [6.45, 7) is 0. The Labute approximate surface area is 115 Å². The molecular weight excluding hydrogens is 237 g/mol. The molecule has 5 heteroatoms. The smallest absolute Gasteiger partial charge is 0.543 e. The van der Waals surface area contributed by atoms with Crippen LogP contribution in [0.15, 0.2) is 22.8 Å². The Bertz CT molecular complexity index is 249. The summed E-state index contributed by atoms with van der Waals surface area (Å²) in [5, 5.41) is 10.1. The van der Waals surface area contributed by atoms with Crippen molar-refractivity contribution in [3.8, 4) is 0 Å². The maximum absolute atomic E-state index is 10.1. The minimum absolute atomic E-state index is 0. The second kappa shape index (κ2) is 5.39. The van der Waals surface area contributed by atoms with Crippen molar-refractivity contribution in [3.05, 3.63) is 28.5 Å². The topological polar surface area (TPSA) is 53.0 Å². The van der Waals surface area contributed by atoms with E-state index in [1.807, 2.05) is 0 Å². The van der Waals surface area contributed by atoms with Gasteiger partial charge in [0, 0.05) is 10.7 Å². The van der Waals surface area contributed by atoms with Gasteiger partial charge >= 0.3 is 51.4 Å². The number of hydrogen-bond acceptors (Lipinski definition) is 3. The SMILES string of the molecule is O=C([O-])c1ccc(Br)cn1.[K+].